The normalized spacial score (nSPS) is 19.2. The summed E-state index contributed by atoms with van der Waals surface area (Å²) in [6.45, 7) is 1.47. The van der Waals surface area contributed by atoms with E-state index < -0.39 is 17.2 Å². The van der Waals surface area contributed by atoms with Crippen LogP contribution in [0.25, 0.3) is 0 Å². The molecule has 2 aromatic rings. The Morgan fingerprint density at radius 3 is 2.29 bits per heavy atom. The Morgan fingerprint density at radius 1 is 0.941 bits per heavy atom. The maximum atomic E-state index is 13.2. The van der Waals surface area contributed by atoms with E-state index in [-0.39, 0.29) is 29.8 Å². The molecular formula is C26H34N4O4. The van der Waals surface area contributed by atoms with Crippen molar-refractivity contribution in [3.8, 4) is 0 Å². The predicted molar refractivity (Wildman–Crippen MR) is 129 cm³/mol. The molecule has 3 heterocycles. The van der Waals surface area contributed by atoms with Crippen LogP contribution >= 0.6 is 0 Å². The zero-order valence-electron chi connectivity index (χ0n) is 19.6. The first-order valence-electron chi connectivity index (χ1n) is 12.4. The number of carbonyl (C=O) groups is 2. The van der Waals surface area contributed by atoms with Crippen LogP contribution in [-0.4, -0.2) is 40.1 Å². The molecule has 182 valence electrons. The lowest BCUT2D eigenvalue weighted by Gasteiger charge is -2.21. The van der Waals surface area contributed by atoms with Gasteiger partial charge in [0.15, 0.2) is 0 Å². The van der Waals surface area contributed by atoms with Gasteiger partial charge in [-0.2, -0.15) is 0 Å². The number of nitrogens with zero attached hydrogens (tertiary/aromatic N) is 2. The van der Waals surface area contributed by atoms with E-state index in [2.05, 4.69) is 15.6 Å². The van der Waals surface area contributed by atoms with E-state index in [0.717, 1.165) is 44.1 Å². The number of pyridine rings is 2. The van der Waals surface area contributed by atoms with E-state index in [4.69, 9.17) is 4.74 Å². The van der Waals surface area contributed by atoms with Crippen molar-refractivity contribution >= 4 is 11.8 Å². The second kappa shape index (κ2) is 11.9. The topological polar surface area (TPSA) is 102 Å². The van der Waals surface area contributed by atoms with Crippen molar-refractivity contribution in [1.29, 1.82) is 0 Å². The molecular weight excluding hydrogens is 432 g/mol. The molecule has 0 bridgehead atoms. The van der Waals surface area contributed by atoms with Gasteiger partial charge in [-0.05, 0) is 43.4 Å². The molecule has 0 unspecified atom stereocenters. The molecule has 2 fully saturated rings. The summed E-state index contributed by atoms with van der Waals surface area (Å²) in [5, 5.41) is 5.86. The third-order valence-electron chi connectivity index (χ3n) is 6.65. The molecule has 1 saturated heterocycles. The van der Waals surface area contributed by atoms with Crippen LogP contribution in [0, 0.1) is 0 Å². The standard InChI is InChI=1S/C26H34N4O4/c31-24-22(25(32)28-15-19-10-12-27-13-11-19)17-30(16-21-9-6-14-34-21)18-23(24)26(33)29-20-7-4-2-1-3-5-8-20/h10-13,17-18,20-21H,1-9,14-16H2,(H,28,32)(H,29,33)/t21-/m1/s1. The summed E-state index contributed by atoms with van der Waals surface area (Å²) in [6, 6.07) is 3.66. The summed E-state index contributed by atoms with van der Waals surface area (Å²) in [7, 11) is 0. The number of aromatic nitrogens is 2. The molecule has 1 atom stereocenters. The second-order valence-electron chi connectivity index (χ2n) is 9.30. The van der Waals surface area contributed by atoms with Crippen molar-refractivity contribution in [2.75, 3.05) is 6.61 Å². The number of amides is 2. The second-order valence-corrected chi connectivity index (χ2v) is 9.30. The van der Waals surface area contributed by atoms with Crippen molar-refractivity contribution in [2.45, 2.75) is 83.0 Å². The molecule has 2 amide bonds. The van der Waals surface area contributed by atoms with Gasteiger partial charge in [0.1, 0.15) is 11.1 Å². The molecule has 4 rings (SSSR count). The molecule has 1 aliphatic heterocycles. The molecule has 34 heavy (non-hydrogen) atoms. The van der Waals surface area contributed by atoms with Gasteiger partial charge >= 0.3 is 0 Å². The molecule has 1 aliphatic carbocycles. The zero-order valence-corrected chi connectivity index (χ0v) is 19.6. The summed E-state index contributed by atoms with van der Waals surface area (Å²) in [5.74, 6) is -0.899. The molecule has 0 spiro atoms. The number of nitrogens with one attached hydrogen (secondary N) is 2. The Morgan fingerprint density at radius 2 is 1.62 bits per heavy atom. The summed E-state index contributed by atoms with van der Waals surface area (Å²) < 4.78 is 7.49. The molecule has 8 heteroatoms. The maximum Gasteiger partial charge on any atom is 0.257 e. The SMILES string of the molecule is O=C(NCc1ccncc1)c1cn(C[C@H]2CCCO2)cc(C(=O)NC2CCCCCCC2)c1=O. The van der Waals surface area contributed by atoms with Crippen molar-refractivity contribution < 1.29 is 14.3 Å². The first kappa shape index (κ1) is 24.1. The van der Waals surface area contributed by atoms with Gasteiger partial charge in [-0.1, -0.05) is 32.1 Å². The van der Waals surface area contributed by atoms with Gasteiger partial charge in [0, 0.05) is 50.5 Å². The Hall–Kier alpha value is -3.00. The first-order chi connectivity index (χ1) is 16.6. The van der Waals surface area contributed by atoms with E-state index in [1.54, 1.807) is 41.5 Å². The highest BCUT2D eigenvalue weighted by atomic mass is 16.5. The number of carbonyl (C=O) groups excluding carboxylic acids is 2. The van der Waals surface area contributed by atoms with Gasteiger partial charge in [0.05, 0.1) is 6.10 Å². The smallest absolute Gasteiger partial charge is 0.257 e. The Balaban J connectivity index is 1.55. The van der Waals surface area contributed by atoms with Gasteiger partial charge < -0.3 is 19.9 Å². The number of hydrogen-bond donors (Lipinski definition) is 2. The maximum absolute atomic E-state index is 13.2. The monoisotopic (exact) mass is 466 g/mol. The first-order valence-corrected chi connectivity index (χ1v) is 12.4. The predicted octanol–water partition coefficient (Wildman–Crippen LogP) is 3.20. The zero-order chi connectivity index (χ0) is 23.8. The largest absolute Gasteiger partial charge is 0.376 e. The van der Waals surface area contributed by atoms with Gasteiger partial charge in [0.25, 0.3) is 11.8 Å². The van der Waals surface area contributed by atoms with Gasteiger partial charge in [0.2, 0.25) is 5.43 Å². The Kier molecular flexibility index (Phi) is 8.46. The third-order valence-corrected chi connectivity index (χ3v) is 6.65. The molecule has 2 aromatic heterocycles. The van der Waals surface area contributed by atoms with Crippen molar-refractivity contribution in [3.63, 3.8) is 0 Å². The lowest BCUT2D eigenvalue weighted by Crippen LogP contribution is -2.40. The molecule has 2 N–H and O–H groups in total. The summed E-state index contributed by atoms with van der Waals surface area (Å²) in [4.78, 5) is 43.4. The highest BCUT2D eigenvalue weighted by Gasteiger charge is 2.23. The molecule has 1 saturated carbocycles. The van der Waals surface area contributed by atoms with E-state index in [9.17, 15) is 14.4 Å². The summed E-state index contributed by atoms with van der Waals surface area (Å²) in [6.07, 6.45) is 15.9. The minimum Gasteiger partial charge on any atom is -0.376 e. The van der Waals surface area contributed by atoms with E-state index >= 15 is 0 Å². The average molecular weight is 467 g/mol. The molecule has 0 radical (unpaired) electrons. The molecule has 0 aromatic carbocycles. The number of hydrogen-bond acceptors (Lipinski definition) is 5. The lowest BCUT2D eigenvalue weighted by molar-refractivity contribution is 0.0914. The van der Waals surface area contributed by atoms with Crippen LogP contribution in [0.5, 0.6) is 0 Å². The Labute approximate surface area is 200 Å². The van der Waals surface area contributed by atoms with E-state index in [1.807, 2.05) is 0 Å². The van der Waals surface area contributed by atoms with E-state index in [0.29, 0.717) is 13.2 Å². The third kappa shape index (κ3) is 6.53. The van der Waals surface area contributed by atoms with Gasteiger partial charge in [-0.25, -0.2) is 0 Å². The molecule has 8 nitrogen and oxygen atoms in total. The minimum atomic E-state index is -0.542. The van der Waals surface area contributed by atoms with Crippen molar-refractivity contribution in [1.82, 2.24) is 20.2 Å². The highest BCUT2D eigenvalue weighted by molar-refractivity contribution is 5.99. The highest BCUT2D eigenvalue weighted by Crippen LogP contribution is 2.18. The fourth-order valence-corrected chi connectivity index (χ4v) is 4.73. The molecule has 2 aliphatic rings. The van der Waals surface area contributed by atoms with Crippen molar-refractivity contribution in [3.05, 3.63) is 63.8 Å². The summed E-state index contributed by atoms with van der Waals surface area (Å²) >= 11 is 0. The van der Waals surface area contributed by atoms with Crippen LogP contribution < -0.4 is 16.1 Å². The van der Waals surface area contributed by atoms with Crippen LogP contribution in [0.2, 0.25) is 0 Å². The Bertz CT molecular complexity index is 1020. The van der Waals surface area contributed by atoms with Crippen LogP contribution in [0.15, 0.2) is 41.7 Å². The number of ether oxygens (including phenoxy) is 1. The minimum absolute atomic E-state index is 0.0108. The number of rotatable bonds is 7. The summed E-state index contributed by atoms with van der Waals surface area (Å²) in [5.41, 5.74) is 0.314. The van der Waals surface area contributed by atoms with E-state index in [1.165, 1.54) is 19.3 Å². The fraction of sp³-hybridized carbons (Fsp3) is 0.538. The van der Waals surface area contributed by atoms with Crippen molar-refractivity contribution in [2.24, 2.45) is 0 Å². The quantitative estimate of drug-likeness (QED) is 0.652. The van der Waals surface area contributed by atoms with Gasteiger partial charge in [-0.15, -0.1) is 0 Å². The van der Waals surface area contributed by atoms with Crippen LogP contribution in [-0.2, 0) is 17.8 Å². The van der Waals surface area contributed by atoms with Crippen LogP contribution in [0.1, 0.15) is 84.1 Å². The fourth-order valence-electron chi connectivity index (χ4n) is 4.73. The van der Waals surface area contributed by atoms with Crippen LogP contribution in [0.3, 0.4) is 0 Å². The van der Waals surface area contributed by atoms with Gasteiger partial charge in [-0.3, -0.25) is 19.4 Å². The lowest BCUT2D eigenvalue weighted by atomic mass is 9.96. The average Bonchev–Trinajstić information content (AvgIpc) is 3.34. The van der Waals surface area contributed by atoms with Crippen LogP contribution in [0.4, 0.5) is 0 Å².